The van der Waals surface area contributed by atoms with Crippen molar-refractivity contribution in [2.75, 3.05) is 18.5 Å². The summed E-state index contributed by atoms with van der Waals surface area (Å²) in [4.78, 5) is 13.8. The van der Waals surface area contributed by atoms with E-state index in [-0.39, 0.29) is 5.78 Å². The second kappa shape index (κ2) is 5.35. The Morgan fingerprint density at radius 1 is 1.29 bits per heavy atom. The molecule has 1 aliphatic carbocycles. The first-order valence-electron chi connectivity index (χ1n) is 6.55. The molecule has 0 unspecified atom stereocenters. The summed E-state index contributed by atoms with van der Waals surface area (Å²) in [6, 6.07) is 8.00. The third kappa shape index (κ3) is 2.87. The van der Waals surface area contributed by atoms with E-state index in [1.165, 1.54) is 24.9 Å². The van der Waals surface area contributed by atoms with E-state index in [1.807, 2.05) is 19.1 Å². The molecule has 1 aromatic carbocycles. The number of anilines is 1. The molecule has 1 saturated carbocycles. The van der Waals surface area contributed by atoms with E-state index in [4.69, 9.17) is 0 Å². The lowest BCUT2D eigenvalue weighted by molar-refractivity contribution is 0.0988. The summed E-state index contributed by atoms with van der Waals surface area (Å²) in [7, 11) is 2.13. The van der Waals surface area contributed by atoms with E-state index >= 15 is 0 Å². The Bertz CT molecular complexity index is 378. The Labute approximate surface area is 104 Å². The minimum Gasteiger partial charge on any atom is -0.374 e. The van der Waals surface area contributed by atoms with Gasteiger partial charge in [0.2, 0.25) is 0 Å². The number of nitrogens with zero attached hydrogens (tertiary/aromatic N) is 1. The van der Waals surface area contributed by atoms with Crippen LogP contribution < -0.4 is 4.90 Å². The zero-order chi connectivity index (χ0) is 12.3. The normalized spacial score (nSPS) is 15.4. The van der Waals surface area contributed by atoms with Crippen molar-refractivity contribution < 1.29 is 4.79 Å². The molecule has 0 bridgehead atoms. The first kappa shape index (κ1) is 12.2. The molecule has 0 amide bonds. The lowest BCUT2D eigenvalue weighted by Gasteiger charge is -2.31. The average Bonchev–Trinajstić information content (AvgIpc) is 2.32. The summed E-state index contributed by atoms with van der Waals surface area (Å²) in [5.41, 5.74) is 2.04. The van der Waals surface area contributed by atoms with Crippen LogP contribution in [-0.4, -0.2) is 19.4 Å². The van der Waals surface area contributed by atoms with Gasteiger partial charge in [0, 0.05) is 31.3 Å². The SMILES string of the molecule is CCC(=O)c1ccc(N(C)CC2CCC2)cc1. The molecule has 2 heteroatoms. The van der Waals surface area contributed by atoms with Gasteiger partial charge in [0.1, 0.15) is 0 Å². The summed E-state index contributed by atoms with van der Waals surface area (Å²) >= 11 is 0. The van der Waals surface area contributed by atoms with Crippen molar-refractivity contribution in [3.8, 4) is 0 Å². The van der Waals surface area contributed by atoms with Crippen LogP contribution in [0.15, 0.2) is 24.3 Å². The molecule has 0 radical (unpaired) electrons. The molecule has 1 aliphatic rings. The number of rotatable bonds is 5. The van der Waals surface area contributed by atoms with E-state index in [1.54, 1.807) is 0 Å². The van der Waals surface area contributed by atoms with E-state index < -0.39 is 0 Å². The van der Waals surface area contributed by atoms with Crippen molar-refractivity contribution in [1.29, 1.82) is 0 Å². The number of benzene rings is 1. The Hall–Kier alpha value is -1.31. The number of hydrogen-bond acceptors (Lipinski definition) is 2. The molecule has 1 aromatic rings. The third-order valence-electron chi connectivity index (χ3n) is 3.71. The fourth-order valence-electron chi connectivity index (χ4n) is 2.27. The highest BCUT2D eigenvalue weighted by atomic mass is 16.1. The molecule has 92 valence electrons. The fraction of sp³-hybridized carbons (Fsp3) is 0.533. The largest absolute Gasteiger partial charge is 0.374 e. The maximum atomic E-state index is 11.5. The Morgan fingerprint density at radius 3 is 2.41 bits per heavy atom. The van der Waals surface area contributed by atoms with E-state index in [0.717, 1.165) is 18.0 Å². The zero-order valence-electron chi connectivity index (χ0n) is 10.8. The molecule has 0 N–H and O–H groups in total. The van der Waals surface area contributed by atoms with Crippen molar-refractivity contribution in [2.24, 2.45) is 5.92 Å². The number of ketones is 1. The van der Waals surface area contributed by atoms with Crippen molar-refractivity contribution in [1.82, 2.24) is 0 Å². The van der Waals surface area contributed by atoms with E-state index in [9.17, 15) is 4.79 Å². The van der Waals surface area contributed by atoms with Gasteiger partial charge < -0.3 is 4.90 Å². The number of carbonyl (C=O) groups excluding carboxylic acids is 1. The minimum atomic E-state index is 0.221. The third-order valence-corrected chi connectivity index (χ3v) is 3.71. The predicted octanol–water partition coefficient (Wildman–Crippen LogP) is 3.52. The van der Waals surface area contributed by atoms with Crippen molar-refractivity contribution >= 4 is 11.5 Å². The van der Waals surface area contributed by atoms with Gasteiger partial charge >= 0.3 is 0 Å². The van der Waals surface area contributed by atoms with Crippen molar-refractivity contribution in [3.63, 3.8) is 0 Å². The van der Waals surface area contributed by atoms with Gasteiger partial charge in [-0.2, -0.15) is 0 Å². The van der Waals surface area contributed by atoms with Crippen LogP contribution in [0.2, 0.25) is 0 Å². The maximum absolute atomic E-state index is 11.5. The van der Waals surface area contributed by atoms with Gasteiger partial charge in [-0.25, -0.2) is 0 Å². The molecule has 2 rings (SSSR count). The van der Waals surface area contributed by atoms with Crippen LogP contribution in [0, 0.1) is 5.92 Å². The fourth-order valence-corrected chi connectivity index (χ4v) is 2.27. The van der Waals surface area contributed by atoms with Gasteiger partial charge in [-0.1, -0.05) is 13.3 Å². The molecule has 0 aromatic heterocycles. The van der Waals surface area contributed by atoms with Crippen LogP contribution in [-0.2, 0) is 0 Å². The summed E-state index contributed by atoms with van der Waals surface area (Å²) < 4.78 is 0. The summed E-state index contributed by atoms with van der Waals surface area (Å²) in [5, 5.41) is 0. The Morgan fingerprint density at radius 2 is 1.94 bits per heavy atom. The van der Waals surface area contributed by atoms with Crippen molar-refractivity contribution in [2.45, 2.75) is 32.6 Å². The molecule has 1 fully saturated rings. The van der Waals surface area contributed by atoms with Crippen LogP contribution in [0.4, 0.5) is 5.69 Å². The predicted molar refractivity (Wildman–Crippen MR) is 71.7 cm³/mol. The Kier molecular flexibility index (Phi) is 3.82. The highest BCUT2D eigenvalue weighted by molar-refractivity contribution is 5.96. The monoisotopic (exact) mass is 231 g/mol. The molecule has 0 atom stereocenters. The number of carbonyl (C=O) groups is 1. The zero-order valence-corrected chi connectivity index (χ0v) is 10.8. The number of hydrogen-bond donors (Lipinski definition) is 0. The van der Waals surface area contributed by atoms with Gasteiger partial charge in [-0.3, -0.25) is 4.79 Å². The minimum absolute atomic E-state index is 0.221. The molecular formula is C15H21NO. The van der Waals surface area contributed by atoms with Crippen LogP contribution in [0.1, 0.15) is 43.0 Å². The molecular weight excluding hydrogens is 210 g/mol. The van der Waals surface area contributed by atoms with Crippen LogP contribution >= 0.6 is 0 Å². The molecule has 0 aliphatic heterocycles. The quantitative estimate of drug-likeness (QED) is 0.723. The highest BCUT2D eigenvalue weighted by Gasteiger charge is 2.19. The molecule has 2 nitrogen and oxygen atoms in total. The first-order chi connectivity index (χ1) is 8.20. The van der Waals surface area contributed by atoms with E-state index in [2.05, 4.69) is 24.1 Å². The van der Waals surface area contributed by atoms with Gasteiger partial charge in [0.15, 0.2) is 5.78 Å². The van der Waals surface area contributed by atoms with Gasteiger partial charge in [0.25, 0.3) is 0 Å². The van der Waals surface area contributed by atoms with Gasteiger partial charge in [-0.15, -0.1) is 0 Å². The average molecular weight is 231 g/mol. The smallest absolute Gasteiger partial charge is 0.162 e. The lowest BCUT2D eigenvalue weighted by atomic mass is 9.85. The summed E-state index contributed by atoms with van der Waals surface area (Å²) in [6.45, 7) is 3.04. The van der Waals surface area contributed by atoms with Crippen LogP contribution in [0.25, 0.3) is 0 Å². The van der Waals surface area contributed by atoms with Crippen LogP contribution in [0.5, 0.6) is 0 Å². The molecule has 17 heavy (non-hydrogen) atoms. The van der Waals surface area contributed by atoms with Crippen molar-refractivity contribution in [3.05, 3.63) is 29.8 Å². The first-order valence-corrected chi connectivity index (χ1v) is 6.55. The second-order valence-electron chi connectivity index (χ2n) is 5.00. The van der Waals surface area contributed by atoms with Crippen LogP contribution in [0.3, 0.4) is 0 Å². The topological polar surface area (TPSA) is 20.3 Å². The molecule has 0 saturated heterocycles. The highest BCUT2D eigenvalue weighted by Crippen LogP contribution is 2.28. The maximum Gasteiger partial charge on any atom is 0.162 e. The summed E-state index contributed by atoms with van der Waals surface area (Å²) in [5.74, 6) is 1.09. The van der Waals surface area contributed by atoms with Gasteiger partial charge in [0.05, 0.1) is 0 Å². The number of Topliss-reactive ketones (excluding diaryl/α,β-unsaturated/α-hetero) is 1. The lowest BCUT2D eigenvalue weighted by Crippen LogP contribution is -2.29. The standard InChI is InChI=1S/C15H21NO/c1-3-15(17)13-7-9-14(10-8-13)16(2)11-12-5-4-6-12/h7-10,12H,3-6,11H2,1-2H3. The van der Waals surface area contributed by atoms with Gasteiger partial charge in [-0.05, 0) is 43.0 Å². The van der Waals surface area contributed by atoms with E-state index in [0.29, 0.717) is 6.42 Å². The molecule has 0 spiro atoms. The second-order valence-corrected chi connectivity index (χ2v) is 5.00. The Balaban J connectivity index is 1.98. The summed E-state index contributed by atoms with van der Waals surface area (Å²) in [6.07, 6.45) is 4.72. The molecule has 0 heterocycles.